The number of non-ortho nitro benzene ring substituents is 1. The molecule has 1 aliphatic heterocycles. The molecule has 1 fully saturated rings. The number of rotatable bonds is 4. The Morgan fingerprint density at radius 2 is 2.43 bits per heavy atom. The van der Waals surface area contributed by atoms with Gasteiger partial charge in [-0.15, -0.1) is 0 Å². The number of pyridine rings is 1. The van der Waals surface area contributed by atoms with E-state index in [1.807, 2.05) is 0 Å². The molecule has 1 aromatic carbocycles. The highest BCUT2D eigenvalue weighted by Gasteiger charge is 2.21. The molecule has 0 spiro atoms. The van der Waals surface area contributed by atoms with E-state index in [0.29, 0.717) is 31.1 Å². The van der Waals surface area contributed by atoms with E-state index in [-0.39, 0.29) is 16.9 Å². The Hall–Kier alpha value is -2.28. The van der Waals surface area contributed by atoms with Gasteiger partial charge in [-0.05, 0) is 18.6 Å². The number of ether oxygens (including phenoxy) is 1. The molecular formula is C14H14FN3O3. The summed E-state index contributed by atoms with van der Waals surface area (Å²) in [5, 5.41) is 14.4. The smallest absolute Gasteiger partial charge is 0.281 e. The normalized spacial score (nSPS) is 18.0. The molecule has 0 saturated carbocycles. The van der Waals surface area contributed by atoms with Crippen molar-refractivity contribution in [2.45, 2.75) is 6.42 Å². The van der Waals surface area contributed by atoms with Gasteiger partial charge in [-0.2, -0.15) is 0 Å². The Kier molecular flexibility index (Phi) is 3.66. The van der Waals surface area contributed by atoms with Crippen LogP contribution in [0.4, 0.5) is 15.8 Å². The third kappa shape index (κ3) is 2.64. The van der Waals surface area contributed by atoms with Crippen LogP contribution in [-0.4, -0.2) is 29.7 Å². The van der Waals surface area contributed by atoms with E-state index in [1.165, 1.54) is 6.20 Å². The van der Waals surface area contributed by atoms with Crippen LogP contribution in [0.25, 0.3) is 10.9 Å². The third-order valence-corrected chi connectivity index (χ3v) is 3.61. The minimum absolute atomic E-state index is 0.211. The van der Waals surface area contributed by atoms with Crippen LogP contribution in [0, 0.1) is 21.8 Å². The third-order valence-electron chi connectivity index (χ3n) is 3.61. The monoisotopic (exact) mass is 291 g/mol. The topological polar surface area (TPSA) is 77.3 Å². The standard InChI is InChI=1S/C14H14FN3O3/c15-11-6-12(18(19)20)10-2-1-4-16-13(10)14(11)17-7-9-3-5-21-8-9/h1-2,4,6,9,17H,3,5,7-8H2. The van der Waals surface area contributed by atoms with Gasteiger partial charge in [0.1, 0.15) is 5.52 Å². The molecule has 2 aromatic rings. The van der Waals surface area contributed by atoms with Gasteiger partial charge in [0.2, 0.25) is 0 Å². The number of halogens is 1. The summed E-state index contributed by atoms with van der Waals surface area (Å²) in [6.07, 6.45) is 2.42. The molecule has 1 unspecified atom stereocenters. The number of hydrogen-bond acceptors (Lipinski definition) is 5. The Morgan fingerprint density at radius 1 is 1.57 bits per heavy atom. The van der Waals surface area contributed by atoms with E-state index >= 15 is 0 Å². The maximum Gasteiger partial charge on any atom is 0.281 e. The van der Waals surface area contributed by atoms with Gasteiger partial charge in [0, 0.05) is 25.3 Å². The van der Waals surface area contributed by atoms with Crippen LogP contribution in [0.15, 0.2) is 24.4 Å². The molecule has 1 N–H and O–H groups in total. The van der Waals surface area contributed by atoms with Crippen LogP contribution in [0.2, 0.25) is 0 Å². The van der Waals surface area contributed by atoms with Gasteiger partial charge in [0.15, 0.2) is 5.82 Å². The molecule has 110 valence electrons. The number of aromatic nitrogens is 1. The van der Waals surface area contributed by atoms with Crippen molar-refractivity contribution in [3.8, 4) is 0 Å². The van der Waals surface area contributed by atoms with E-state index in [2.05, 4.69) is 10.3 Å². The summed E-state index contributed by atoms with van der Waals surface area (Å²) in [5.41, 5.74) is 0.219. The van der Waals surface area contributed by atoms with E-state index in [4.69, 9.17) is 4.74 Å². The summed E-state index contributed by atoms with van der Waals surface area (Å²) in [6, 6.07) is 4.11. The van der Waals surface area contributed by atoms with E-state index < -0.39 is 10.7 Å². The van der Waals surface area contributed by atoms with Crippen molar-refractivity contribution in [3.63, 3.8) is 0 Å². The van der Waals surface area contributed by atoms with E-state index in [0.717, 1.165) is 12.5 Å². The first-order chi connectivity index (χ1) is 10.2. The highest BCUT2D eigenvalue weighted by molar-refractivity contribution is 5.97. The van der Waals surface area contributed by atoms with Crippen LogP contribution < -0.4 is 5.32 Å². The minimum Gasteiger partial charge on any atom is -0.381 e. The van der Waals surface area contributed by atoms with Crippen molar-refractivity contribution < 1.29 is 14.1 Å². The van der Waals surface area contributed by atoms with Crippen molar-refractivity contribution in [2.24, 2.45) is 5.92 Å². The molecule has 21 heavy (non-hydrogen) atoms. The number of nitrogens with one attached hydrogen (secondary N) is 1. The maximum atomic E-state index is 14.2. The van der Waals surface area contributed by atoms with Crippen LogP contribution in [0.5, 0.6) is 0 Å². The largest absolute Gasteiger partial charge is 0.381 e. The second kappa shape index (κ2) is 5.61. The van der Waals surface area contributed by atoms with E-state index in [9.17, 15) is 14.5 Å². The number of nitrogens with zero attached hydrogens (tertiary/aromatic N) is 2. The number of anilines is 1. The summed E-state index contributed by atoms with van der Waals surface area (Å²) >= 11 is 0. The van der Waals surface area contributed by atoms with Gasteiger partial charge < -0.3 is 10.1 Å². The van der Waals surface area contributed by atoms with Gasteiger partial charge in [-0.3, -0.25) is 15.1 Å². The Balaban J connectivity index is 1.99. The summed E-state index contributed by atoms with van der Waals surface area (Å²) in [5.74, 6) is -0.342. The number of nitro benzene ring substituents is 1. The second-order valence-electron chi connectivity index (χ2n) is 5.02. The molecule has 1 saturated heterocycles. The predicted octanol–water partition coefficient (Wildman–Crippen LogP) is 2.73. The quantitative estimate of drug-likeness (QED) is 0.692. The highest BCUT2D eigenvalue weighted by atomic mass is 19.1. The molecule has 7 heteroatoms. The fourth-order valence-electron chi connectivity index (χ4n) is 2.50. The molecular weight excluding hydrogens is 277 g/mol. The van der Waals surface area contributed by atoms with Gasteiger partial charge in [-0.25, -0.2) is 4.39 Å². The molecule has 0 aliphatic carbocycles. The Morgan fingerprint density at radius 3 is 3.14 bits per heavy atom. The summed E-state index contributed by atoms with van der Waals surface area (Å²) in [6.45, 7) is 1.92. The lowest BCUT2D eigenvalue weighted by atomic mass is 10.1. The van der Waals surface area contributed by atoms with Crippen molar-refractivity contribution >= 4 is 22.3 Å². The molecule has 0 radical (unpaired) electrons. The van der Waals surface area contributed by atoms with Crippen molar-refractivity contribution in [2.75, 3.05) is 25.1 Å². The number of hydrogen-bond donors (Lipinski definition) is 1. The zero-order valence-electron chi connectivity index (χ0n) is 11.2. The zero-order chi connectivity index (χ0) is 14.8. The fraction of sp³-hybridized carbons (Fsp3) is 0.357. The molecule has 6 nitrogen and oxygen atoms in total. The molecule has 1 aromatic heterocycles. The Labute approximate surface area is 120 Å². The van der Waals surface area contributed by atoms with Gasteiger partial charge in [0.25, 0.3) is 5.69 Å². The van der Waals surface area contributed by atoms with Crippen LogP contribution in [-0.2, 0) is 4.74 Å². The van der Waals surface area contributed by atoms with Gasteiger partial charge in [-0.1, -0.05) is 0 Å². The average Bonchev–Trinajstić information content (AvgIpc) is 2.98. The lowest BCUT2D eigenvalue weighted by Crippen LogP contribution is -2.15. The maximum absolute atomic E-state index is 14.2. The van der Waals surface area contributed by atoms with E-state index in [1.54, 1.807) is 12.1 Å². The summed E-state index contributed by atoms with van der Waals surface area (Å²) in [4.78, 5) is 14.5. The Bertz CT molecular complexity index is 686. The molecule has 2 heterocycles. The van der Waals surface area contributed by atoms with Crippen LogP contribution in [0.3, 0.4) is 0 Å². The second-order valence-corrected chi connectivity index (χ2v) is 5.02. The molecule has 0 bridgehead atoms. The molecule has 0 amide bonds. The summed E-state index contributed by atoms with van der Waals surface area (Å²) < 4.78 is 19.5. The minimum atomic E-state index is -0.660. The predicted molar refractivity (Wildman–Crippen MR) is 75.8 cm³/mol. The average molecular weight is 291 g/mol. The van der Waals surface area contributed by atoms with Crippen LogP contribution in [0.1, 0.15) is 6.42 Å². The van der Waals surface area contributed by atoms with Gasteiger partial charge >= 0.3 is 0 Å². The highest BCUT2D eigenvalue weighted by Crippen LogP contribution is 2.32. The van der Waals surface area contributed by atoms with Crippen molar-refractivity contribution in [1.29, 1.82) is 0 Å². The lowest BCUT2D eigenvalue weighted by molar-refractivity contribution is -0.383. The lowest BCUT2D eigenvalue weighted by Gasteiger charge is -2.13. The van der Waals surface area contributed by atoms with Crippen molar-refractivity contribution in [3.05, 3.63) is 40.3 Å². The molecule has 1 atom stereocenters. The first-order valence-electron chi connectivity index (χ1n) is 6.70. The van der Waals surface area contributed by atoms with Crippen LogP contribution >= 0.6 is 0 Å². The summed E-state index contributed by atoms with van der Waals surface area (Å²) in [7, 11) is 0. The first-order valence-corrected chi connectivity index (χ1v) is 6.70. The number of fused-ring (bicyclic) bond motifs is 1. The molecule has 3 rings (SSSR count). The van der Waals surface area contributed by atoms with Gasteiger partial charge in [0.05, 0.1) is 28.7 Å². The number of nitro groups is 1. The SMILES string of the molecule is O=[N+]([O-])c1cc(F)c(NCC2CCOC2)c2ncccc12. The fourth-order valence-corrected chi connectivity index (χ4v) is 2.50. The first kappa shape index (κ1) is 13.7. The number of benzene rings is 1. The van der Waals surface area contributed by atoms with Crippen molar-refractivity contribution in [1.82, 2.24) is 4.98 Å². The molecule has 1 aliphatic rings. The zero-order valence-corrected chi connectivity index (χ0v) is 11.2.